The molecule has 1 aromatic rings. The van der Waals surface area contributed by atoms with Gasteiger partial charge in [0.2, 0.25) is 5.95 Å². The molecule has 3 nitrogen and oxygen atoms in total. The zero-order valence-corrected chi connectivity index (χ0v) is 10.8. The summed E-state index contributed by atoms with van der Waals surface area (Å²) >= 11 is 4.58. The predicted molar refractivity (Wildman–Crippen MR) is 67.6 cm³/mol. The Kier molecular flexibility index (Phi) is 3.03. The summed E-state index contributed by atoms with van der Waals surface area (Å²) in [5.74, 6) is -0.529. The van der Waals surface area contributed by atoms with Gasteiger partial charge in [0.25, 0.3) is 0 Å². The summed E-state index contributed by atoms with van der Waals surface area (Å²) in [4.78, 5) is 7.92. The van der Waals surface area contributed by atoms with Gasteiger partial charge in [0.1, 0.15) is 5.54 Å². The highest BCUT2D eigenvalue weighted by Gasteiger charge is 2.29. The Morgan fingerprint density at radius 3 is 3.00 bits per heavy atom. The smallest absolute Gasteiger partial charge is 0.218 e. The van der Waals surface area contributed by atoms with Gasteiger partial charge in [-0.3, -0.25) is 0 Å². The van der Waals surface area contributed by atoms with Gasteiger partial charge in [-0.1, -0.05) is 11.8 Å². The van der Waals surface area contributed by atoms with E-state index in [9.17, 15) is 4.39 Å². The van der Waals surface area contributed by atoms with Gasteiger partial charge in [-0.2, -0.15) is 4.39 Å². The van der Waals surface area contributed by atoms with Crippen LogP contribution in [0.4, 0.5) is 4.39 Å². The van der Waals surface area contributed by atoms with Gasteiger partial charge in [-0.25, -0.2) is 9.98 Å². The molecule has 1 aliphatic rings. The van der Waals surface area contributed by atoms with Crippen molar-refractivity contribution in [2.75, 3.05) is 0 Å². The van der Waals surface area contributed by atoms with Crippen LogP contribution in [0.5, 0.6) is 0 Å². The van der Waals surface area contributed by atoms with Crippen LogP contribution in [0.2, 0.25) is 0 Å². The number of thioether (sulfide) groups is 1. The Labute approximate surface area is 105 Å². The second kappa shape index (κ2) is 4.18. The summed E-state index contributed by atoms with van der Waals surface area (Å²) in [6.45, 7) is 1.79. The molecule has 1 unspecified atom stereocenters. The molecule has 0 saturated heterocycles. The molecular formula is C10H9BrFN3S. The maximum Gasteiger partial charge on any atom is 0.218 e. The second-order valence-corrected chi connectivity index (χ2v) is 5.35. The fraction of sp³-hybridized carbons (Fsp3) is 0.200. The average Bonchev–Trinajstić information content (AvgIpc) is 2.21. The number of aromatic nitrogens is 1. The third-order valence-corrected chi connectivity index (χ3v) is 3.31. The number of halogens is 2. The van der Waals surface area contributed by atoms with Gasteiger partial charge in [0.05, 0.1) is 0 Å². The van der Waals surface area contributed by atoms with Gasteiger partial charge < -0.3 is 5.73 Å². The standard InChI is InChI=1S/C10H9BrFN3S/c1-10(2-3-16-9(13)15-10)7-4-6(11)5-14-8(7)12/h2-5H,1H3,(H2,13,15). The Morgan fingerprint density at radius 2 is 2.31 bits per heavy atom. The van der Waals surface area contributed by atoms with E-state index < -0.39 is 11.5 Å². The fourth-order valence-corrected chi connectivity index (χ4v) is 2.50. The number of rotatable bonds is 1. The van der Waals surface area contributed by atoms with E-state index >= 15 is 0 Å². The number of pyridine rings is 1. The summed E-state index contributed by atoms with van der Waals surface area (Å²) < 4.78 is 14.4. The van der Waals surface area contributed by atoms with E-state index in [4.69, 9.17) is 5.73 Å². The first-order valence-electron chi connectivity index (χ1n) is 4.52. The molecular weight excluding hydrogens is 293 g/mol. The Balaban J connectivity index is 2.54. The zero-order chi connectivity index (χ0) is 11.8. The lowest BCUT2D eigenvalue weighted by Gasteiger charge is -2.25. The minimum atomic E-state index is -0.782. The van der Waals surface area contributed by atoms with Crippen molar-refractivity contribution in [1.29, 1.82) is 0 Å². The van der Waals surface area contributed by atoms with Crippen molar-refractivity contribution in [2.45, 2.75) is 12.5 Å². The monoisotopic (exact) mass is 301 g/mol. The number of aliphatic imine (C=N–C) groups is 1. The highest BCUT2D eigenvalue weighted by atomic mass is 79.9. The molecule has 6 heteroatoms. The van der Waals surface area contributed by atoms with Crippen LogP contribution < -0.4 is 5.73 Å². The average molecular weight is 302 g/mol. The van der Waals surface area contributed by atoms with Crippen molar-refractivity contribution in [2.24, 2.45) is 10.7 Å². The molecule has 2 heterocycles. The molecule has 0 radical (unpaired) electrons. The van der Waals surface area contributed by atoms with Crippen LogP contribution in [0.25, 0.3) is 0 Å². The van der Waals surface area contributed by atoms with E-state index in [1.54, 1.807) is 19.1 Å². The van der Waals surface area contributed by atoms with Crippen LogP contribution in [-0.4, -0.2) is 10.2 Å². The van der Waals surface area contributed by atoms with E-state index in [1.807, 2.05) is 5.41 Å². The summed E-state index contributed by atoms with van der Waals surface area (Å²) in [5.41, 5.74) is 5.27. The molecule has 0 aliphatic carbocycles. The first kappa shape index (κ1) is 11.6. The molecule has 0 fully saturated rings. The summed E-state index contributed by atoms with van der Waals surface area (Å²) in [7, 11) is 0. The third-order valence-electron chi connectivity index (χ3n) is 2.27. The quantitative estimate of drug-likeness (QED) is 0.812. The third kappa shape index (κ3) is 2.12. The summed E-state index contributed by atoms with van der Waals surface area (Å²) in [6, 6.07) is 1.67. The molecule has 0 bridgehead atoms. The molecule has 2 N–H and O–H groups in total. The van der Waals surface area contributed by atoms with E-state index in [1.165, 1.54) is 18.0 Å². The van der Waals surface area contributed by atoms with Gasteiger partial charge in [-0.05, 0) is 40.4 Å². The Morgan fingerprint density at radius 1 is 1.56 bits per heavy atom. The maximum atomic E-state index is 13.6. The summed E-state index contributed by atoms with van der Waals surface area (Å²) in [5, 5.41) is 2.23. The number of hydrogen-bond acceptors (Lipinski definition) is 4. The number of amidine groups is 1. The molecule has 1 atom stereocenters. The van der Waals surface area contributed by atoms with Crippen LogP contribution in [0.3, 0.4) is 0 Å². The van der Waals surface area contributed by atoms with Gasteiger partial charge in [-0.15, -0.1) is 0 Å². The molecule has 16 heavy (non-hydrogen) atoms. The van der Waals surface area contributed by atoms with Crippen LogP contribution in [0.15, 0.2) is 33.2 Å². The van der Waals surface area contributed by atoms with Gasteiger partial charge in [0, 0.05) is 16.2 Å². The van der Waals surface area contributed by atoms with Crippen molar-refractivity contribution < 1.29 is 4.39 Å². The van der Waals surface area contributed by atoms with E-state index in [-0.39, 0.29) is 0 Å². The molecule has 1 aromatic heterocycles. The molecule has 84 valence electrons. The SMILES string of the molecule is CC1(c2cc(Br)cnc2F)C=CSC(N)=N1. The number of nitrogens with zero attached hydrogens (tertiary/aromatic N) is 2. The topological polar surface area (TPSA) is 51.3 Å². The first-order chi connectivity index (χ1) is 7.51. The number of nitrogens with two attached hydrogens (primary N) is 1. The fourth-order valence-electron chi connectivity index (χ4n) is 1.46. The predicted octanol–water partition coefficient (Wildman–Crippen LogP) is 2.77. The minimum absolute atomic E-state index is 0.404. The van der Waals surface area contributed by atoms with Gasteiger partial charge >= 0.3 is 0 Å². The lowest BCUT2D eigenvalue weighted by Crippen LogP contribution is -2.25. The van der Waals surface area contributed by atoms with Crippen molar-refractivity contribution in [1.82, 2.24) is 4.98 Å². The van der Waals surface area contributed by atoms with Crippen LogP contribution >= 0.6 is 27.7 Å². The minimum Gasteiger partial charge on any atom is -0.378 e. The zero-order valence-electron chi connectivity index (χ0n) is 8.45. The van der Waals surface area contributed by atoms with Crippen molar-refractivity contribution in [3.05, 3.63) is 39.7 Å². The lowest BCUT2D eigenvalue weighted by atomic mass is 9.94. The van der Waals surface area contributed by atoms with Crippen LogP contribution in [-0.2, 0) is 5.54 Å². The van der Waals surface area contributed by atoms with Crippen molar-refractivity contribution in [3.8, 4) is 0 Å². The highest BCUT2D eigenvalue weighted by molar-refractivity contribution is 9.10. The molecule has 2 rings (SSSR count). The largest absolute Gasteiger partial charge is 0.378 e. The van der Waals surface area contributed by atoms with Crippen LogP contribution in [0, 0.1) is 5.95 Å². The van der Waals surface area contributed by atoms with E-state index in [0.717, 1.165) is 0 Å². The molecule has 0 amide bonds. The molecule has 0 spiro atoms. The van der Waals surface area contributed by atoms with Crippen molar-refractivity contribution in [3.63, 3.8) is 0 Å². The number of hydrogen-bond donors (Lipinski definition) is 1. The van der Waals surface area contributed by atoms with Crippen LogP contribution in [0.1, 0.15) is 12.5 Å². The van der Waals surface area contributed by atoms with E-state index in [0.29, 0.717) is 15.2 Å². The van der Waals surface area contributed by atoms with E-state index in [2.05, 4.69) is 25.9 Å². The second-order valence-electron chi connectivity index (χ2n) is 3.51. The summed E-state index contributed by atoms with van der Waals surface area (Å²) in [6.07, 6.45) is 3.22. The lowest BCUT2D eigenvalue weighted by molar-refractivity contribution is 0.516. The van der Waals surface area contributed by atoms with Gasteiger partial charge in [0.15, 0.2) is 5.17 Å². The Bertz CT molecular complexity index is 489. The molecule has 1 aliphatic heterocycles. The Hall–Kier alpha value is -0.880. The highest BCUT2D eigenvalue weighted by Crippen LogP contribution is 2.34. The maximum absolute atomic E-state index is 13.6. The molecule has 0 saturated carbocycles. The molecule has 0 aromatic carbocycles. The van der Waals surface area contributed by atoms with Crippen molar-refractivity contribution >= 4 is 32.9 Å². The first-order valence-corrected chi connectivity index (χ1v) is 6.20. The normalized spacial score (nSPS) is 24.3.